The third-order valence-corrected chi connectivity index (χ3v) is 5.19. The van der Waals surface area contributed by atoms with Gasteiger partial charge in [-0.15, -0.1) is 0 Å². The molecule has 3 aromatic rings. The Morgan fingerprint density at radius 3 is 2.69 bits per heavy atom. The summed E-state index contributed by atoms with van der Waals surface area (Å²) >= 11 is 0. The number of nitrogens with zero attached hydrogens (tertiary/aromatic N) is 2. The van der Waals surface area contributed by atoms with Crippen molar-refractivity contribution in [3.05, 3.63) is 78.6 Å². The summed E-state index contributed by atoms with van der Waals surface area (Å²) in [5.41, 5.74) is -0.0427. The summed E-state index contributed by atoms with van der Waals surface area (Å²) in [6.45, 7) is 2.89. The number of likely N-dealkylation sites (N-methyl/N-ethyl adjacent to an activating group) is 1. The maximum Gasteiger partial charge on any atom is 0.412 e. The van der Waals surface area contributed by atoms with Crippen molar-refractivity contribution < 1.29 is 32.6 Å². The average Bonchev–Trinajstić information content (AvgIpc) is 2.81. The van der Waals surface area contributed by atoms with E-state index in [-0.39, 0.29) is 31.0 Å². The van der Waals surface area contributed by atoms with Gasteiger partial charge in [0.15, 0.2) is 11.6 Å². The first-order valence-corrected chi connectivity index (χ1v) is 10.6. The Hall–Kier alpha value is -3.86. The molecule has 185 valence electrons. The molecule has 0 fully saturated rings. The van der Waals surface area contributed by atoms with Gasteiger partial charge in [0, 0.05) is 30.7 Å². The number of carbonyl (C=O) groups is 2. The summed E-state index contributed by atoms with van der Waals surface area (Å²) in [7, 11) is 1.39. The molecule has 3 amide bonds. The SMILES string of the molecule is [CH2][C@@H](O)C[C@@H](COC(=O)Nc1cc2cc(F)ccc2cn1)N(C)C(=O)NCc1cccc(F)c1F. The van der Waals surface area contributed by atoms with Gasteiger partial charge in [-0.3, -0.25) is 5.32 Å². The number of anilines is 1. The van der Waals surface area contributed by atoms with Crippen LogP contribution in [-0.2, 0) is 11.3 Å². The lowest BCUT2D eigenvalue weighted by Crippen LogP contribution is -2.47. The molecular weight excluding hydrogens is 465 g/mol. The summed E-state index contributed by atoms with van der Waals surface area (Å²) in [5.74, 6) is -2.41. The molecule has 8 nitrogen and oxygen atoms in total. The number of urea groups is 1. The summed E-state index contributed by atoms with van der Waals surface area (Å²) < 4.78 is 45.8. The molecule has 1 heterocycles. The number of aromatic nitrogens is 1. The third kappa shape index (κ3) is 7.06. The highest BCUT2D eigenvalue weighted by molar-refractivity contribution is 5.89. The average molecular weight is 489 g/mol. The zero-order valence-corrected chi connectivity index (χ0v) is 18.8. The number of hydrogen-bond donors (Lipinski definition) is 3. The summed E-state index contributed by atoms with van der Waals surface area (Å²) in [6.07, 6.45) is -0.516. The molecule has 11 heteroatoms. The molecule has 0 aliphatic heterocycles. The van der Waals surface area contributed by atoms with Gasteiger partial charge in [-0.2, -0.15) is 0 Å². The summed E-state index contributed by atoms with van der Waals surface area (Å²) in [5, 5.41) is 15.8. The fourth-order valence-corrected chi connectivity index (χ4v) is 3.29. The molecule has 35 heavy (non-hydrogen) atoms. The van der Waals surface area contributed by atoms with E-state index >= 15 is 0 Å². The standard InChI is InChI=1S/C24H24F3N4O4/c1-14(32)8-19(31(2)23(33)29-12-16-4-3-5-20(26)22(16)27)13-35-24(34)30-21-10-17-9-18(25)7-6-15(17)11-28-21/h3-7,9-11,14,19,32H,1,8,12-13H2,2H3,(H,29,33)(H,28,30,34)/t14-,19+/m1/s1. The molecule has 0 saturated carbocycles. The number of benzene rings is 2. The van der Waals surface area contributed by atoms with Gasteiger partial charge in [-0.1, -0.05) is 12.1 Å². The van der Waals surface area contributed by atoms with E-state index in [1.54, 1.807) is 6.07 Å². The summed E-state index contributed by atoms with van der Waals surface area (Å²) in [6, 6.07) is 7.78. The van der Waals surface area contributed by atoms with Crippen LogP contribution in [0, 0.1) is 24.4 Å². The number of pyridine rings is 1. The van der Waals surface area contributed by atoms with E-state index in [0.717, 1.165) is 11.0 Å². The molecule has 2 aromatic carbocycles. The molecule has 0 aliphatic carbocycles. The van der Waals surface area contributed by atoms with Crippen molar-refractivity contribution in [3.8, 4) is 0 Å². The Morgan fingerprint density at radius 2 is 1.94 bits per heavy atom. The smallest absolute Gasteiger partial charge is 0.412 e. The van der Waals surface area contributed by atoms with Gasteiger partial charge in [0.2, 0.25) is 0 Å². The van der Waals surface area contributed by atoms with Crippen LogP contribution in [0.2, 0.25) is 0 Å². The maximum absolute atomic E-state index is 13.8. The molecule has 0 saturated heterocycles. The number of fused-ring (bicyclic) bond motifs is 1. The second-order valence-corrected chi connectivity index (χ2v) is 7.81. The fraction of sp³-hybridized carbons (Fsp3) is 0.250. The Balaban J connectivity index is 1.58. The molecule has 0 bridgehead atoms. The van der Waals surface area contributed by atoms with Gasteiger partial charge < -0.3 is 20.1 Å². The predicted molar refractivity (Wildman–Crippen MR) is 123 cm³/mol. The summed E-state index contributed by atoms with van der Waals surface area (Å²) in [4.78, 5) is 30.0. The minimum Gasteiger partial charge on any atom is -0.447 e. The number of aliphatic hydroxyl groups excluding tert-OH is 1. The van der Waals surface area contributed by atoms with Crippen molar-refractivity contribution in [1.82, 2.24) is 15.2 Å². The Kier molecular flexibility index (Phi) is 8.48. The van der Waals surface area contributed by atoms with Crippen molar-refractivity contribution in [3.63, 3.8) is 0 Å². The molecule has 2 atom stereocenters. The second kappa shape index (κ2) is 11.5. The normalized spacial score (nSPS) is 12.6. The number of aliphatic hydroxyl groups is 1. The van der Waals surface area contributed by atoms with Crippen LogP contribution in [-0.4, -0.2) is 52.9 Å². The monoisotopic (exact) mass is 489 g/mol. The lowest BCUT2D eigenvalue weighted by Gasteiger charge is -2.29. The van der Waals surface area contributed by atoms with Crippen molar-refractivity contribution >= 4 is 28.7 Å². The first-order chi connectivity index (χ1) is 16.6. The van der Waals surface area contributed by atoms with Crippen LogP contribution in [0.15, 0.2) is 48.7 Å². The Bertz CT molecular complexity index is 1210. The number of rotatable bonds is 8. The van der Waals surface area contributed by atoms with Crippen LogP contribution in [0.5, 0.6) is 0 Å². The van der Waals surface area contributed by atoms with E-state index in [2.05, 4.69) is 22.5 Å². The van der Waals surface area contributed by atoms with Gasteiger partial charge in [0.25, 0.3) is 0 Å². The maximum atomic E-state index is 13.8. The van der Waals surface area contributed by atoms with Gasteiger partial charge in [-0.05, 0) is 49.1 Å². The number of nitrogens with one attached hydrogen (secondary N) is 2. The van der Waals surface area contributed by atoms with E-state index in [9.17, 15) is 27.9 Å². The van der Waals surface area contributed by atoms with Gasteiger partial charge >= 0.3 is 12.1 Å². The van der Waals surface area contributed by atoms with E-state index < -0.39 is 41.7 Å². The van der Waals surface area contributed by atoms with Crippen LogP contribution < -0.4 is 10.6 Å². The van der Waals surface area contributed by atoms with Crippen LogP contribution in [0.1, 0.15) is 12.0 Å². The number of carbonyl (C=O) groups excluding carboxylic acids is 2. The van der Waals surface area contributed by atoms with E-state index in [0.29, 0.717) is 10.8 Å². The molecule has 1 radical (unpaired) electrons. The van der Waals surface area contributed by atoms with Crippen LogP contribution in [0.4, 0.5) is 28.6 Å². The zero-order chi connectivity index (χ0) is 25.5. The van der Waals surface area contributed by atoms with Crippen molar-refractivity contribution in [2.24, 2.45) is 0 Å². The van der Waals surface area contributed by atoms with Crippen molar-refractivity contribution in [2.45, 2.75) is 25.1 Å². The predicted octanol–water partition coefficient (Wildman–Crippen LogP) is 4.00. The highest BCUT2D eigenvalue weighted by atomic mass is 19.2. The fourth-order valence-electron chi connectivity index (χ4n) is 3.29. The second-order valence-electron chi connectivity index (χ2n) is 7.81. The molecule has 0 spiro atoms. The van der Waals surface area contributed by atoms with Crippen LogP contribution >= 0.6 is 0 Å². The van der Waals surface area contributed by atoms with E-state index in [1.165, 1.54) is 43.6 Å². The van der Waals surface area contributed by atoms with Gasteiger partial charge in [-0.25, -0.2) is 27.7 Å². The largest absolute Gasteiger partial charge is 0.447 e. The van der Waals surface area contributed by atoms with Crippen LogP contribution in [0.3, 0.4) is 0 Å². The van der Waals surface area contributed by atoms with Gasteiger partial charge in [0.1, 0.15) is 18.2 Å². The Morgan fingerprint density at radius 1 is 1.17 bits per heavy atom. The third-order valence-electron chi connectivity index (χ3n) is 5.19. The molecular formula is C24H24F3N4O4. The van der Waals surface area contributed by atoms with Crippen LogP contribution in [0.25, 0.3) is 10.8 Å². The van der Waals surface area contributed by atoms with Crippen molar-refractivity contribution in [1.29, 1.82) is 0 Å². The minimum atomic E-state index is -1.07. The molecule has 3 N–H and O–H groups in total. The van der Waals surface area contributed by atoms with Crippen molar-refractivity contribution in [2.75, 3.05) is 19.0 Å². The number of amides is 3. The number of halogens is 3. The van der Waals surface area contributed by atoms with E-state index in [1.807, 2.05) is 0 Å². The minimum absolute atomic E-state index is 0.0287. The highest BCUT2D eigenvalue weighted by Crippen LogP contribution is 2.18. The van der Waals surface area contributed by atoms with Gasteiger partial charge in [0.05, 0.1) is 12.1 Å². The molecule has 1 aromatic heterocycles. The topological polar surface area (TPSA) is 104 Å². The highest BCUT2D eigenvalue weighted by Gasteiger charge is 2.24. The lowest BCUT2D eigenvalue weighted by molar-refractivity contribution is 0.0913. The number of hydrogen-bond acceptors (Lipinski definition) is 5. The number of ether oxygens (including phenoxy) is 1. The molecule has 0 aliphatic rings. The van der Waals surface area contributed by atoms with E-state index in [4.69, 9.17) is 4.74 Å². The quantitative estimate of drug-likeness (QED) is 0.444. The first kappa shape index (κ1) is 25.8. The lowest BCUT2D eigenvalue weighted by atomic mass is 10.1. The Labute approximate surface area is 199 Å². The molecule has 0 unspecified atom stereocenters. The first-order valence-electron chi connectivity index (χ1n) is 10.6. The zero-order valence-electron chi connectivity index (χ0n) is 18.8. The molecule has 3 rings (SSSR count).